The Hall–Kier alpha value is -2.50. The van der Waals surface area contributed by atoms with E-state index in [1.165, 1.54) is 12.4 Å². The van der Waals surface area contributed by atoms with Crippen LogP contribution in [0.25, 0.3) is 0 Å². The van der Waals surface area contributed by atoms with Crippen molar-refractivity contribution in [2.24, 2.45) is 0 Å². The summed E-state index contributed by atoms with van der Waals surface area (Å²) in [5.74, 6) is -3.74. The summed E-state index contributed by atoms with van der Waals surface area (Å²) >= 11 is 0. The number of hydrogen-bond donors (Lipinski definition) is 2. The molecule has 3 N–H and O–H groups in total. The Labute approximate surface area is 146 Å². The third-order valence-corrected chi connectivity index (χ3v) is 4.57. The number of aliphatic hydroxyl groups is 1. The summed E-state index contributed by atoms with van der Waals surface area (Å²) in [5.41, 5.74) is 6.13. The van der Waals surface area contributed by atoms with Crippen LogP contribution in [-0.2, 0) is 17.8 Å². The number of nitrogen functional groups attached to an aromatic ring is 1. The number of hydrogen-bond acceptors (Lipinski definition) is 8. The highest BCUT2D eigenvalue weighted by atomic mass is 19.3. The molecule has 0 bridgehead atoms. The first kappa shape index (κ1) is 16.9. The summed E-state index contributed by atoms with van der Waals surface area (Å²) in [6.45, 7) is 0.979. The van der Waals surface area contributed by atoms with Crippen LogP contribution in [0.4, 0.5) is 14.6 Å². The minimum absolute atomic E-state index is 0.0563. The fraction of sp³-hybridized carbons (Fsp3) is 0.467. The molecule has 138 valence electrons. The van der Waals surface area contributed by atoms with Gasteiger partial charge in [0.1, 0.15) is 24.4 Å². The topological polar surface area (TPSA) is 119 Å². The predicted octanol–water partition coefficient (Wildman–Crippen LogP) is -0.475. The quantitative estimate of drug-likeness (QED) is 0.748. The van der Waals surface area contributed by atoms with Crippen LogP contribution >= 0.6 is 0 Å². The molecule has 26 heavy (non-hydrogen) atoms. The van der Waals surface area contributed by atoms with E-state index in [4.69, 9.17) is 10.5 Å². The Bertz CT molecular complexity index is 867. The first-order chi connectivity index (χ1) is 12.4. The molecule has 2 aromatic rings. The van der Waals surface area contributed by atoms with Gasteiger partial charge in [-0.3, -0.25) is 9.47 Å². The number of anilines is 1. The molecule has 0 spiro atoms. The summed E-state index contributed by atoms with van der Waals surface area (Å²) in [7, 11) is 0. The summed E-state index contributed by atoms with van der Waals surface area (Å²) in [4.78, 5) is 25.2. The van der Waals surface area contributed by atoms with Crippen LogP contribution in [0.1, 0.15) is 17.5 Å². The summed E-state index contributed by atoms with van der Waals surface area (Å²) < 4.78 is 35.0. The summed E-state index contributed by atoms with van der Waals surface area (Å²) in [6.07, 6.45) is -1.01. The number of aromatic nitrogens is 4. The van der Waals surface area contributed by atoms with Crippen molar-refractivity contribution in [1.82, 2.24) is 24.4 Å². The van der Waals surface area contributed by atoms with E-state index in [1.54, 1.807) is 6.20 Å². The maximum atomic E-state index is 14.5. The predicted molar refractivity (Wildman–Crippen MR) is 83.9 cm³/mol. The van der Waals surface area contributed by atoms with E-state index < -0.39 is 30.0 Å². The smallest absolute Gasteiger partial charge is 0.351 e. The second kappa shape index (κ2) is 6.04. The minimum Gasteiger partial charge on any atom is -0.384 e. The van der Waals surface area contributed by atoms with E-state index in [1.807, 2.05) is 4.90 Å². The Kier molecular flexibility index (Phi) is 3.93. The van der Waals surface area contributed by atoms with Gasteiger partial charge in [0, 0.05) is 37.6 Å². The molecule has 0 saturated carbocycles. The normalized spacial score (nSPS) is 27.6. The SMILES string of the molecule is Nc1ccn([C@@H]2O[C@H](CN3Cc4cncnc4C3)[C@@H](O)C2(F)F)c(=O)n1. The van der Waals surface area contributed by atoms with Gasteiger partial charge in [-0.25, -0.2) is 14.8 Å². The fourth-order valence-electron chi connectivity index (χ4n) is 3.27. The molecule has 0 radical (unpaired) electrons. The van der Waals surface area contributed by atoms with Gasteiger partial charge >= 0.3 is 11.6 Å². The highest BCUT2D eigenvalue weighted by molar-refractivity contribution is 5.24. The van der Waals surface area contributed by atoms with Crippen molar-refractivity contribution < 1.29 is 18.6 Å². The molecule has 2 aromatic heterocycles. The zero-order valence-electron chi connectivity index (χ0n) is 13.5. The van der Waals surface area contributed by atoms with Crippen LogP contribution in [0, 0.1) is 0 Å². The molecular formula is C15H16F2N6O3. The monoisotopic (exact) mass is 366 g/mol. The summed E-state index contributed by atoms with van der Waals surface area (Å²) in [6, 6.07) is 1.22. The van der Waals surface area contributed by atoms with Crippen molar-refractivity contribution in [2.75, 3.05) is 12.3 Å². The van der Waals surface area contributed by atoms with Gasteiger partial charge < -0.3 is 15.6 Å². The highest BCUT2D eigenvalue weighted by Gasteiger charge is 2.59. The zero-order valence-corrected chi connectivity index (χ0v) is 13.5. The molecule has 2 aliphatic heterocycles. The standard InChI is InChI=1S/C15H16F2N6O3/c16-15(17)12(24)10(6-22-4-8-3-19-7-20-9(8)5-22)26-13(15)23-2-1-11(18)21-14(23)25/h1-3,7,10,12-13,24H,4-6H2,(H2,18,21,25)/t10-,12-,13-/m1/s1. The third kappa shape index (κ3) is 2.73. The van der Waals surface area contributed by atoms with Crippen LogP contribution in [0.2, 0.25) is 0 Å². The molecule has 4 rings (SSSR count). The van der Waals surface area contributed by atoms with Gasteiger partial charge in [0.2, 0.25) is 6.23 Å². The van der Waals surface area contributed by atoms with E-state index in [-0.39, 0.29) is 12.4 Å². The molecule has 0 aliphatic carbocycles. The van der Waals surface area contributed by atoms with Crippen molar-refractivity contribution in [3.05, 3.63) is 46.5 Å². The Morgan fingerprint density at radius 3 is 2.96 bits per heavy atom. The van der Waals surface area contributed by atoms with Gasteiger partial charge in [0.15, 0.2) is 0 Å². The average Bonchev–Trinajstić information content (AvgIpc) is 3.09. The number of fused-ring (bicyclic) bond motifs is 1. The van der Waals surface area contributed by atoms with Crippen molar-refractivity contribution in [1.29, 1.82) is 0 Å². The van der Waals surface area contributed by atoms with E-state index in [2.05, 4.69) is 15.0 Å². The van der Waals surface area contributed by atoms with Crippen molar-refractivity contribution in [2.45, 2.75) is 37.4 Å². The fourth-order valence-corrected chi connectivity index (χ4v) is 3.27. The number of halogens is 2. The van der Waals surface area contributed by atoms with Crippen LogP contribution in [0.15, 0.2) is 29.6 Å². The molecule has 1 fully saturated rings. The lowest BCUT2D eigenvalue weighted by molar-refractivity contribution is -0.140. The molecule has 11 heteroatoms. The number of ether oxygens (including phenoxy) is 1. The molecule has 4 heterocycles. The summed E-state index contributed by atoms with van der Waals surface area (Å²) in [5, 5.41) is 10.1. The van der Waals surface area contributed by atoms with E-state index >= 15 is 0 Å². The van der Waals surface area contributed by atoms with E-state index in [0.29, 0.717) is 17.7 Å². The van der Waals surface area contributed by atoms with E-state index in [0.717, 1.165) is 17.5 Å². The molecule has 0 aromatic carbocycles. The van der Waals surface area contributed by atoms with Gasteiger partial charge in [0.05, 0.1) is 5.69 Å². The van der Waals surface area contributed by atoms with Gasteiger partial charge in [-0.05, 0) is 6.07 Å². The first-order valence-electron chi connectivity index (χ1n) is 7.92. The lowest BCUT2D eigenvalue weighted by atomic mass is 10.1. The maximum absolute atomic E-state index is 14.5. The Morgan fingerprint density at radius 2 is 2.23 bits per heavy atom. The lowest BCUT2D eigenvalue weighted by Gasteiger charge is -2.21. The van der Waals surface area contributed by atoms with Crippen LogP contribution in [0.3, 0.4) is 0 Å². The molecule has 0 amide bonds. The van der Waals surface area contributed by atoms with Crippen molar-refractivity contribution in [3.63, 3.8) is 0 Å². The molecule has 2 aliphatic rings. The minimum atomic E-state index is -3.65. The number of aliphatic hydroxyl groups excluding tert-OH is 1. The lowest BCUT2D eigenvalue weighted by Crippen LogP contribution is -2.43. The first-order valence-corrected chi connectivity index (χ1v) is 7.92. The molecule has 3 atom stereocenters. The Morgan fingerprint density at radius 1 is 1.42 bits per heavy atom. The highest BCUT2D eigenvalue weighted by Crippen LogP contribution is 2.42. The number of nitrogens with two attached hydrogens (primary N) is 1. The second-order valence-corrected chi connectivity index (χ2v) is 6.35. The number of alkyl halides is 2. The zero-order chi connectivity index (χ0) is 18.5. The van der Waals surface area contributed by atoms with Gasteiger partial charge in [-0.1, -0.05) is 0 Å². The second-order valence-electron chi connectivity index (χ2n) is 6.35. The largest absolute Gasteiger partial charge is 0.384 e. The average molecular weight is 366 g/mol. The van der Waals surface area contributed by atoms with Gasteiger partial charge in [-0.2, -0.15) is 13.8 Å². The number of rotatable bonds is 3. The molecular weight excluding hydrogens is 350 g/mol. The molecule has 1 saturated heterocycles. The maximum Gasteiger partial charge on any atom is 0.351 e. The van der Waals surface area contributed by atoms with Crippen molar-refractivity contribution >= 4 is 5.82 Å². The van der Waals surface area contributed by atoms with Gasteiger partial charge in [-0.15, -0.1) is 0 Å². The Balaban J connectivity index is 1.53. The number of nitrogens with zero attached hydrogens (tertiary/aromatic N) is 5. The van der Waals surface area contributed by atoms with Gasteiger partial charge in [0.25, 0.3) is 0 Å². The van der Waals surface area contributed by atoms with Crippen LogP contribution < -0.4 is 11.4 Å². The van der Waals surface area contributed by atoms with E-state index in [9.17, 15) is 18.7 Å². The molecule has 0 unspecified atom stereocenters. The van der Waals surface area contributed by atoms with Crippen LogP contribution in [0.5, 0.6) is 0 Å². The van der Waals surface area contributed by atoms with Crippen molar-refractivity contribution in [3.8, 4) is 0 Å². The van der Waals surface area contributed by atoms with Crippen LogP contribution in [-0.4, -0.2) is 54.2 Å². The molecule has 9 nitrogen and oxygen atoms in total. The third-order valence-electron chi connectivity index (χ3n) is 4.57.